The van der Waals surface area contributed by atoms with E-state index in [9.17, 15) is 8.42 Å². The Kier molecular flexibility index (Phi) is 2.19. The Bertz CT molecular complexity index is 301. The van der Waals surface area contributed by atoms with Crippen LogP contribution in [0.2, 0.25) is 0 Å². The highest BCUT2D eigenvalue weighted by Crippen LogP contribution is 2.08. The average Bonchev–Trinajstić information content (AvgIpc) is 2.39. The van der Waals surface area contributed by atoms with Gasteiger partial charge in [0.1, 0.15) is 0 Å². The van der Waals surface area contributed by atoms with Crippen LogP contribution in [0.1, 0.15) is 6.92 Å². The minimum absolute atomic E-state index is 0.0493. The van der Waals surface area contributed by atoms with Gasteiger partial charge in [-0.25, -0.2) is 8.42 Å². The molecule has 0 amide bonds. The number of nitrogens with one attached hydrogen (secondary N) is 1. The predicted molar refractivity (Wildman–Crippen MR) is 41.8 cm³/mol. The Morgan fingerprint density at radius 3 is 2.82 bits per heavy atom. The van der Waals surface area contributed by atoms with Crippen molar-refractivity contribution in [1.82, 2.24) is 0 Å². The Balaban J connectivity index is 2.72. The maximum Gasteiger partial charge on any atom is 0.234 e. The quantitative estimate of drug-likeness (QED) is 0.746. The van der Waals surface area contributed by atoms with Crippen LogP contribution in [0.5, 0.6) is 0 Å². The molecule has 0 bridgehead atoms. The maximum absolute atomic E-state index is 10.9. The molecule has 0 unspecified atom stereocenters. The second-order valence-electron chi connectivity index (χ2n) is 1.98. The van der Waals surface area contributed by atoms with Gasteiger partial charge in [0.05, 0.1) is 12.0 Å². The van der Waals surface area contributed by atoms with Crippen LogP contribution in [-0.2, 0) is 10.0 Å². The first-order valence-corrected chi connectivity index (χ1v) is 4.83. The second-order valence-corrected chi connectivity index (χ2v) is 3.99. The van der Waals surface area contributed by atoms with E-state index in [-0.39, 0.29) is 11.6 Å². The van der Waals surface area contributed by atoms with Gasteiger partial charge < -0.3 is 4.42 Å². The number of sulfonamides is 1. The molecule has 0 aliphatic rings. The summed E-state index contributed by atoms with van der Waals surface area (Å²) in [6.07, 6.45) is 1.41. The predicted octanol–water partition coefficient (Wildman–Crippen LogP) is 1.04. The third-order valence-corrected chi connectivity index (χ3v) is 2.43. The lowest BCUT2D eigenvalue weighted by Gasteiger charge is -1.99. The van der Waals surface area contributed by atoms with Crippen molar-refractivity contribution in [2.24, 2.45) is 0 Å². The van der Waals surface area contributed by atoms with E-state index in [1.54, 1.807) is 19.1 Å². The summed E-state index contributed by atoms with van der Waals surface area (Å²) in [5.41, 5.74) is 0. The molecule has 4 nitrogen and oxygen atoms in total. The van der Waals surface area contributed by atoms with E-state index >= 15 is 0 Å². The van der Waals surface area contributed by atoms with Crippen LogP contribution in [0.3, 0.4) is 0 Å². The van der Waals surface area contributed by atoms with Crippen LogP contribution < -0.4 is 4.72 Å². The molecule has 0 atom stereocenters. The van der Waals surface area contributed by atoms with E-state index < -0.39 is 10.0 Å². The van der Waals surface area contributed by atoms with Gasteiger partial charge in [-0.3, -0.25) is 4.72 Å². The van der Waals surface area contributed by atoms with Gasteiger partial charge in [-0.2, -0.15) is 0 Å². The van der Waals surface area contributed by atoms with E-state index in [0.717, 1.165) is 0 Å². The molecule has 0 aromatic carbocycles. The zero-order chi connectivity index (χ0) is 8.32. The Hall–Kier alpha value is -0.970. The third kappa shape index (κ3) is 2.27. The summed E-state index contributed by atoms with van der Waals surface area (Å²) in [6, 6.07) is 3.17. The topological polar surface area (TPSA) is 59.3 Å². The molecule has 11 heavy (non-hydrogen) atoms. The van der Waals surface area contributed by atoms with Crippen LogP contribution >= 0.6 is 0 Å². The minimum Gasteiger partial charge on any atom is -0.448 e. The molecular weight excluding hydrogens is 166 g/mol. The molecule has 62 valence electrons. The van der Waals surface area contributed by atoms with E-state index in [0.29, 0.717) is 0 Å². The first-order chi connectivity index (χ1) is 5.14. The first kappa shape index (κ1) is 8.13. The molecule has 0 radical (unpaired) electrons. The Labute approximate surface area is 65.3 Å². The average molecular weight is 175 g/mol. The van der Waals surface area contributed by atoms with Crippen molar-refractivity contribution in [2.75, 3.05) is 10.5 Å². The number of hydrogen-bond donors (Lipinski definition) is 1. The molecule has 0 aliphatic heterocycles. The molecular formula is C6H9NO3S. The highest BCUT2D eigenvalue weighted by atomic mass is 32.2. The summed E-state index contributed by atoms with van der Waals surface area (Å²) < 4.78 is 28.8. The fourth-order valence-electron chi connectivity index (χ4n) is 0.562. The van der Waals surface area contributed by atoms with Crippen LogP contribution in [0.4, 0.5) is 5.88 Å². The van der Waals surface area contributed by atoms with Gasteiger partial charge in [0, 0.05) is 6.07 Å². The number of anilines is 1. The van der Waals surface area contributed by atoms with E-state index in [2.05, 4.69) is 4.72 Å². The molecule has 0 spiro atoms. The summed E-state index contributed by atoms with van der Waals surface area (Å²) in [4.78, 5) is 0. The SMILES string of the molecule is CCS(=O)(=O)Nc1ccco1. The number of furan rings is 1. The van der Waals surface area contributed by atoms with Crippen molar-refractivity contribution in [3.8, 4) is 0 Å². The van der Waals surface area contributed by atoms with Gasteiger partial charge in [-0.05, 0) is 13.0 Å². The molecule has 0 saturated carbocycles. The first-order valence-electron chi connectivity index (χ1n) is 3.18. The number of hydrogen-bond acceptors (Lipinski definition) is 3. The van der Waals surface area contributed by atoms with Crippen LogP contribution in [0, 0.1) is 0 Å². The van der Waals surface area contributed by atoms with Gasteiger partial charge in [0.2, 0.25) is 15.9 Å². The van der Waals surface area contributed by atoms with Crippen molar-refractivity contribution < 1.29 is 12.8 Å². The van der Waals surface area contributed by atoms with Crippen molar-refractivity contribution in [3.63, 3.8) is 0 Å². The molecule has 0 aliphatic carbocycles. The summed E-state index contributed by atoms with van der Waals surface area (Å²) in [5.74, 6) is 0.306. The molecule has 0 fully saturated rings. The summed E-state index contributed by atoms with van der Waals surface area (Å²) >= 11 is 0. The van der Waals surface area contributed by atoms with Crippen LogP contribution in [-0.4, -0.2) is 14.2 Å². The van der Waals surface area contributed by atoms with Gasteiger partial charge in [-0.1, -0.05) is 0 Å². The second kappa shape index (κ2) is 2.96. The summed E-state index contributed by atoms with van der Waals surface area (Å²) in [6.45, 7) is 1.56. The highest BCUT2D eigenvalue weighted by Gasteiger charge is 2.06. The van der Waals surface area contributed by atoms with E-state index in [4.69, 9.17) is 4.42 Å². The van der Waals surface area contributed by atoms with Crippen molar-refractivity contribution in [3.05, 3.63) is 18.4 Å². The van der Waals surface area contributed by atoms with Crippen LogP contribution in [0.25, 0.3) is 0 Å². The monoisotopic (exact) mass is 175 g/mol. The molecule has 1 N–H and O–H groups in total. The molecule has 1 heterocycles. The Morgan fingerprint density at radius 1 is 1.64 bits per heavy atom. The fraction of sp³-hybridized carbons (Fsp3) is 0.333. The summed E-state index contributed by atoms with van der Waals surface area (Å²) in [5, 5.41) is 0. The lowest BCUT2D eigenvalue weighted by Crippen LogP contribution is -2.13. The molecule has 1 rings (SSSR count). The summed E-state index contributed by atoms with van der Waals surface area (Å²) in [7, 11) is -3.19. The van der Waals surface area contributed by atoms with Crippen molar-refractivity contribution in [2.45, 2.75) is 6.92 Å². The lowest BCUT2D eigenvalue weighted by atomic mass is 10.6. The molecule has 0 saturated heterocycles. The van der Waals surface area contributed by atoms with E-state index in [1.807, 2.05) is 0 Å². The van der Waals surface area contributed by atoms with Crippen LogP contribution in [0.15, 0.2) is 22.8 Å². The van der Waals surface area contributed by atoms with Gasteiger partial charge in [0.25, 0.3) is 0 Å². The van der Waals surface area contributed by atoms with Gasteiger partial charge in [0.15, 0.2) is 0 Å². The maximum atomic E-state index is 10.9. The Morgan fingerprint density at radius 2 is 2.36 bits per heavy atom. The molecule has 5 heteroatoms. The van der Waals surface area contributed by atoms with Gasteiger partial charge >= 0.3 is 0 Å². The highest BCUT2D eigenvalue weighted by molar-refractivity contribution is 7.92. The third-order valence-electron chi connectivity index (χ3n) is 1.16. The standard InChI is InChI=1S/C6H9NO3S/c1-2-11(8,9)7-6-4-3-5-10-6/h3-5,7H,2H2,1H3. The van der Waals surface area contributed by atoms with Gasteiger partial charge in [-0.15, -0.1) is 0 Å². The van der Waals surface area contributed by atoms with E-state index in [1.165, 1.54) is 6.26 Å². The lowest BCUT2D eigenvalue weighted by molar-refractivity contribution is 0.576. The zero-order valence-corrected chi connectivity index (χ0v) is 6.89. The van der Waals surface area contributed by atoms with Crippen molar-refractivity contribution >= 4 is 15.9 Å². The molecule has 1 aromatic heterocycles. The smallest absolute Gasteiger partial charge is 0.234 e. The normalized spacial score (nSPS) is 11.4. The zero-order valence-electron chi connectivity index (χ0n) is 6.07. The van der Waals surface area contributed by atoms with Crippen molar-refractivity contribution in [1.29, 1.82) is 0 Å². The molecule has 1 aromatic rings. The minimum atomic E-state index is -3.19. The number of rotatable bonds is 3. The fourth-order valence-corrected chi connectivity index (χ4v) is 1.13. The largest absolute Gasteiger partial charge is 0.448 e.